The molecule has 0 unspecified atom stereocenters. The first-order chi connectivity index (χ1) is 9.15. The molecule has 0 N–H and O–H groups in total. The molecule has 1 aromatic carbocycles. The van der Waals surface area contributed by atoms with Crippen LogP contribution in [0.15, 0.2) is 18.2 Å². The summed E-state index contributed by atoms with van der Waals surface area (Å²) in [6.07, 6.45) is 2.40. The highest BCUT2D eigenvalue weighted by molar-refractivity contribution is 7.80. The molecule has 3 nitrogen and oxygen atoms in total. The number of aromatic nitrogens is 2. The quantitative estimate of drug-likeness (QED) is 0.823. The fourth-order valence-electron chi connectivity index (χ4n) is 2.25. The second-order valence-corrected chi connectivity index (χ2v) is 5.23. The van der Waals surface area contributed by atoms with Gasteiger partial charge in [0, 0.05) is 19.4 Å². The number of thiol groups is 1. The van der Waals surface area contributed by atoms with E-state index in [0.29, 0.717) is 13.0 Å². The lowest BCUT2D eigenvalue weighted by Crippen LogP contribution is -2.07. The largest absolute Gasteiger partial charge is 0.328 e. The van der Waals surface area contributed by atoms with Crippen LogP contribution in [0.25, 0.3) is 11.0 Å². The summed E-state index contributed by atoms with van der Waals surface area (Å²) in [7, 11) is 0. The molecule has 0 aliphatic rings. The predicted molar refractivity (Wildman–Crippen MR) is 82.0 cm³/mol. The summed E-state index contributed by atoms with van der Waals surface area (Å²) in [5.41, 5.74) is 3.44. The molecule has 0 saturated carbocycles. The highest BCUT2D eigenvalue weighted by Gasteiger charge is 2.11. The number of hydrogen-bond donors (Lipinski definition) is 1. The Hall–Kier alpha value is -1.29. The smallest absolute Gasteiger partial charge is 0.131 e. The Morgan fingerprint density at radius 1 is 1.42 bits per heavy atom. The topological polar surface area (TPSA) is 34.9 Å². The van der Waals surface area contributed by atoms with E-state index in [1.165, 1.54) is 5.56 Å². The van der Waals surface area contributed by atoms with Crippen molar-refractivity contribution in [1.29, 1.82) is 0 Å². The number of aryl methyl sites for hydroxylation is 3. The first-order valence-electron chi connectivity index (χ1n) is 6.74. The number of ketones is 1. The number of fused-ring (bicyclic) bond motifs is 1. The fourth-order valence-corrected chi connectivity index (χ4v) is 2.45. The van der Waals surface area contributed by atoms with E-state index < -0.39 is 0 Å². The van der Waals surface area contributed by atoms with Crippen LogP contribution in [0.1, 0.15) is 31.7 Å². The van der Waals surface area contributed by atoms with Crippen molar-refractivity contribution in [3.63, 3.8) is 0 Å². The van der Waals surface area contributed by atoms with Crippen LogP contribution in [0.5, 0.6) is 0 Å². The van der Waals surface area contributed by atoms with Crippen LogP contribution >= 0.6 is 12.6 Å². The summed E-state index contributed by atoms with van der Waals surface area (Å²) >= 11 is 4.29. The molecule has 0 spiro atoms. The molecule has 0 bridgehead atoms. The molecule has 2 aromatic rings. The van der Waals surface area contributed by atoms with Crippen molar-refractivity contribution in [3.05, 3.63) is 29.6 Å². The molecule has 0 amide bonds. The van der Waals surface area contributed by atoms with Gasteiger partial charge in [0.2, 0.25) is 0 Å². The van der Waals surface area contributed by atoms with E-state index in [9.17, 15) is 4.79 Å². The Morgan fingerprint density at radius 2 is 2.21 bits per heavy atom. The molecule has 1 heterocycles. The van der Waals surface area contributed by atoms with E-state index >= 15 is 0 Å². The van der Waals surface area contributed by atoms with Gasteiger partial charge < -0.3 is 4.57 Å². The van der Waals surface area contributed by atoms with E-state index in [-0.39, 0.29) is 5.78 Å². The molecule has 0 saturated heterocycles. The molecular formula is C15H20N2OS. The maximum atomic E-state index is 11.2. The number of carbonyl (C=O) groups excluding carboxylic acids is 1. The van der Waals surface area contributed by atoms with E-state index in [0.717, 1.165) is 35.5 Å². The van der Waals surface area contributed by atoms with Crippen LogP contribution in [-0.4, -0.2) is 21.1 Å². The second-order valence-electron chi connectivity index (χ2n) is 4.78. The van der Waals surface area contributed by atoms with Crippen molar-refractivity contribution in [2.24, 2.45) is 0 Å². The van der Waals surface area contributed by atoms with Gasteiger partial charge in [0.05, 0.1) is 11.0 Å². The van der Waals surface area contributed by atoms with Gasteiger partial charge in [-0.15, -0.1) is 0 Å². The Bertz CT molecular complexity index is 589. The van der Waals surface area contributed by atoms with Crippen LogP contribution in [0, 0.1) is 0 Å². The summed E-state index contributed by atoms with van der Waals surface area (Å²) in [6, 6.07) is 6.39. The van der Waals surface area contributed by atoms with Crippen molar-refractivity contribution >= 4 is 29.4 Å². The van der Waals surface area contributed by atoms with Gasteiger partial charge in [-0.2, -0.15) is 12.6 Å². The highest BCUT2D eigenvalue weighted by Crippen LogP contribution is 2.19. The third-order valence-electron chi connectivity index (χ3n) is 3.32. The first-order valence-corrected chi connectivity index (χ1v) is 7.37. The standard InChI is InChI=1S/C15H20N2OS/c1-3-12-4-5-14-13(10-12)16-15(7-9-19)17(14)8-6-11(2)18/h4-5,10,19H,3,6-9H2,1-2H3. The number of nitrogens with zero attached hydrogens (tertiary/aromatic N) is 2. The lowest BCUT2D eigenvalue weighted by molar-refractivity contribution is -0.117. The zero-order valence-corrected chi connectivity index (χ0v) is 12.4. The van der Waals surface area contributed by atoms with E-state index in [2.05, 4.69) is 42.3 Å². The maximum absolute atomic E-state index is 11.2. The normalized spacial score (nSPS) is 11.1. The number of Topliss-reactive ketones (excluding diaryl/α,β-unsaturated/α-hetero) is 1. The molecular weight excluding hydrogens is 256 g/mol. The molecule has 0 atom stereocenters. The lowest BCUT2D eigenvalue weighted by Gasteiger charge is -2.07. The third kappa shape index (κ3) is 3.18. The molecule has 2 rings (SSSR count). The van der Waals surface area contributed by atoms with Gasteiger partial charge in [-0.1, -0.05) is 13.0 Å². The second kappa shape index (κ2) is 6.24. The summed E-state index contributed by atoms with van der Waals surface area (Å²) < 4.78 is 2.16. The van der Waals surface area contributed by atoms with Gasteiger partial charge in [0.15, 0.2) is 0 Å². The van der Waals surface area contributed by atoms with E-state index in [4.69, 9.17) is 4.98 Å². The summed E-state index contributed by atoms with van der Waals surface area (Å²) in [4.78, 5) is 15.9. The number of imidazole rings is 1. The monoisotopic (exact) mass is 276 g/mol. The maximum Gasteiger partial charge on any atom is 0.131 e. The van der Waals surface area contributed by atoms with Crippen molar-refractivity contribution < 1.29 is 4.79 Å². The number of benzene rings is 1. The number of hydrogen-bond acceptors (Lipinski definition) is 3. The number of rotatable bonds is 6. The van der Waals surface area contributed by atoms with Crippen molar-refractivity contribution in [2.75, 3.05) is 5.75 Å². The van der Waals surface area contributed by atoms with Crippen molar-refractivity contribution in [2.45, 2.75) is 39.7 Å². The first kappa shape index (κ1) is 14.1. The average Bonchev–Trinajstić information content (AvgIpc) is 2.73. The number of carbonyl (C=O) groups is 1. The SMILES string of the molecule is CCc1ccc2c(c1)nc(CCS)n2CCC(C)=O. The van der Waals surface area contributed by atoms with Crippen molar-refractivity contribution in [1.82, 2.24) is 9.55 Å². The zero-order chi connectivity index (χ0) is 13.8. The van der Waals surface area contributed by atoms with Crippen LogP contribution in [0.3, 0.4) is 0 Å². The Kier molecular flexibility index (Phi) is 4.64. The van der Waals surface area contributed by atoms with Gasteiger partial charge in [-0.3, -0.25) is 4.79 Å². The van der Waals surface area contributed by atoms with Crippen LogP contribution in [0.4, 0.5) is 0 Å². The molecule has 0 aliphatic carbocycles. The minimum atomic E-state index is 0.212. The fraction of sp³-hybridized carbons (Fsp3) is 0.467. The molecule has 4 heteroatoms. The van der Waals surface area contributed by atoms with E-state index in [1.54, 1.807) is 6.92 Å². The molecule has 0 radical (unpaired) electrons. The highest BCUT2D eigenvalue weighted by atomic mass is 32.1. The molecule has 19 heavy (non-hydrogen) atoms. The van der Waals surface area contributed by atoms with Crippen LogP contribution in [-0.2, 0) is 24.2 Å². The van der Waals surface area contributed by atoms with Gasteiger partial charge in [-0.05, 0) is 36.8 Å². The molecule has 1 aromatic heterocycles. The van der Waals surface area contributed by atoms with Crippen molar-refractivity contribution in [3.8, 4) is 0 Å². The molecule has 0 fully saturated rings. The minimum absolute atomic E-state index is 0.212. The lowest BCUT2D eigenvalue weighted by atomic mass is 10.1. The summed E-state index contributed by atoms with van der Waals surface area (Å²) in [5.74, 6) is 2.01. The zero-order valence-electron chi connectivity index (χ0n) is 11.5. The average molecular weight is 276 g/mol. The molecule has 102 valence electrons. The molecule has 0 aliphatic heterocycles. The van der Waals surface area contributed by atoms with E-state index in [1.807, 2.05) is 0 Å². The summed E-state index contributed by atoms with van der Waals surface area (Å²) in [5, 5.41) is 0. The Morgan fingerprint density at radius 3 is 2.84 bits per heavy atom. The van der Waals surface area contributed by atoms with Gasteiger partial charge >= 0.3 is 0 Å². The van der Waals surface area contributed by atoms with Crippen LogP contribution in [0.2, 0.25) is 0 Å². The Balaban J connectivity index is 2.44. The van der Waals surface area contributed by atoms with Gasteiger partial charge in [0.1, 0.15) is 11.6 Å². The predicted octanol–water partition coefficient (Wildman–Crippen LogP) is 3.05. The Labute approximate surface area is 119 Å². The summed E-state index contributed by atoms with van der Waals surface area (Å²) in [6.45, 7) is 4.48. The van der Waals surface area contributed by atoms with Gasteiger partial charge in [0.25, 0.3) is 0 Å². The minimum Gasteiger partial charge on any atom is -0.328 e. The van der Waals surface area contributed by atoms with Crippen LogP contribution < -0.4 is 0 Å². The van der Waals surface area contributed by atoms with Gasteiger partial charge in [-0.25, -0.2) is 4.98 Å². The third-order valence-corrected chi connectivity index (χ3v) is 3.55.